The highest BCUT2D eigenvalue weighted by Gasteiger charge is 2.46. The summed E-state index contributed by atoms with van der Waals surface area (Å²) in [5.41, 5.74) is 5.66. The summed E-state index contributed by atoms with van der Waals surface area (Å²) in [6.45, 7) is 0.302. The number of amides is 1. The fourth-order valence-electron chi connectivity index (χ4n) is 2.15. The van der Waals surface area contributed by atoms with Gasteiger partial charge in [-0.25, -0.2) is 4.39 Å². The summed E-state index contributed by atoms with van der Waals surface area (Å²) in [6.07, 6.45) is 2.89. The van der Waals surface area contributed by atoms with E-state index in [2.05, 4.69) is 5.32 Å². The molecule has 1 amide bonds. The van der Waals surface area contributed by atoms with E-state index in [-0.39, 0.29) is 23.0 Å². The molecule has 0 bridgehead atoms. The summed E-state index contributed by atoms with van der Waals surface area (Å²) in [5, 5.41) is 2.59. The van der Waals surface area contributed by atoms with Crippen molar-refractivity contribution < 1.29 is 9.18 Å². The third-order valence-electron chi connectivity index (χ3n) is 3.78. The second kappa shape index (κ2) is 5.38. The molecule has 1 aromatic heterocycles. The van der Waals surface area contributed by atoms with Crippen molar-refractivity contribution in [2.75, 3.05) is 5.32 Å². The van der Waals surface area contributed by atoms with E-state index in [0.717, 1.165) is 5.56 Å². The van der Waals surface area contributed by atoms with Crippen LogP contribution in [0.2, 0.25) is 0 Å². The molecule has 1 heterocycles. The van der Waals surface area contributed by atoms with E-state index >= 15 is 0 Å². The van der Waals surface area contributed by atoms with Crippen LogP contribution in [-0.2, 0) is 11.3 Å². The van der Waals surface area contributed by atoms with Crippen molar-refractivity contribution in [3.63, 3.8) is 0 Å². The molecule has 1 fully saturated rings. The van der Waals surface area contributed by atoms with Crippen LogP contribution in [0.1, 0.15) is 18.4 Å². The predicted molar refractivity (Wildman–Crippen MR) is 81.0 cm³/mol. The Kier molecular flexibility index (Phi) is 3.54. The SMILES string of the molecule is NC1(C(=O)Nc2cccn(Cc3ccc(F)cc3)c2=O)CC1. The smallest absolute Gasteiger partial charge is 0.274 e. The molecule has 0 unspecified atom stereocenters. The van der Waals surface area contributed by atoms with Gasteiger partial charge in [0.1, 0.15) is 11.5 Å². The highest BCUT2D eigenvalue weighted by molar-refractivity contribution is 5.99. The van der Waals surface area contributed by atoms with Gasteiger partial charge in [-0.3, -0.25) is 9.59 Å². The maximum atomic E-state index is 12.9. The molecular formula is C16H16FN3O2. The van der Waals surface area contributed by atoms with E-state index in [1.54, 1.807) is 30.5 Å². The van der Waals surface area contributed by atoms with Gasteiger partial charge in [0.2, 0.25) is 5.91 Å². The molecule has 1 saturated carbocycles. The van der Waals surface area contributed by atoms with Gasteiger partial charge in [-0.1, -0.05) is 12.1 Å². The van der Waals surface area contributed by atoms with Crippen LogP contribution in [0.3, 0.4) is 0 Å². The fourth-order valence-corrected chi connectivity index (χ4v) is 2.15. The first-order valence-corrected chi connectivity index (χ1v) is 7.02. The first-order valence-electron chi connectivity index (χ1n) is 7.02. The van der Waals surface area contributed by atoms with Crippen molar-refractivity contribution in [1.29, 1.82) is 0 Å². The summed E-state index contributed by atoms with van der Waals surface area (Å²) in [7, 11) is 0. The number of aromatic nitrogens is 1. The quantitative estimate of drug-likeness (QED) is 0.897. The molecule has 3 rings (SSSR count). The minimum Gasteiger partial charge on any atom is -0.320 e. The van der Waals surface area contributed by atoms with E-state index in [9.17, 15) is 14.0 Å². The number of hydrogen-bond acceptors (Lipinski definition) is 3. The lowest BCUT2D eigenvalue weighted by Gasteiger charge is -2.12. The Morgan fingerprint density at radius 2 is 1.95 bits per heavy atom. The van der Waals surface area contributed by atoms with Gasteiger partial charge in [-0.2, -0.15) is 0 Å². The zero-order valence-electron chi connectivity index (χ0n) is 11.9. The number of anilines is 1. The molecule has 1 aliphatic rings. The van der Waals surface area contributed by atoms with E-state index in [1.165, 1.54) is 16.7 Å². The number of nitrogens with zero attached hydrogens (tertiary/aromatic N) is 1. The van der Waals surface area contributed by atoms with Gasteiger partial charge in [0.15, 0.2) is 0 Å². The third-order valence-corrected chi connectivity index (χ3v) is 3.78. The summed E-state index contributed by atoms with van der Waals surface area (Å²) in [6, 6.07) is 9.15. The highest BCUT2D eigenvalue weighted by atomic mass is 19.1. The van der Waals surface area contributed by atoms with E-state index in [0.29, 0.717) is 19.4 Å². The molecule has 0 aliphatic heterocycles. The van der Waals surface area contributed by atoms with Crippen LogP contribution < -0.4 is 16.6 Å². The Balaban J connectivity index is 1.81. The number of halogens is 1. The Hall–Kier alpha value is -2.47. The zero-order valence-corrected chi connectivity index (χ0v) is 11.9. The van der Waals surface area contributed by atoms with Gasteiger partial charge in [0.25, 0.3) is 5.56 Å². The second-order valence-electron chi connectivity index (χ2n) is 5.59. The van der Waals surface area contributed by atoms with Gasteiger partial charge < -0.3 is 15.6 Å². The zero-order chi connectivity index (χ0) is 15.7. The first kappa shape index (κ1) is 14.5. The number of nitrogens with two attached hydrogens (primary N) is 1. The minimum atomic E-state index is -0.829. The van der Waals surface area contributed by atoms with Crippen molar-refractivity contribution in [3.05, 3.63) is 64.3 Å². The van der Waals surface area contributed by atoms with Crippen molar-refractivity contribution in [2.45, 2.75) is 24.9 Å². The molecule has 0 radical (unpaired) electrons. The summed E-state index contributed by atoms with van der Waals surface area (Å²) in [5.74, 6) is -0.654. The van der Waals surface area contributed by atoms with Crippen LogP contribution in [0.4, 0.5) is 10.1 Å². The maximum Gasteiger partial charge on any atom is 0.274 e. The molecule has 6 heteroatoms. The van der Waals surface area contributed by atoms with Gasteiger partial charge in [0, 0.05) is 6.20 Å². The maximum absolute atomic E-state index is 12.9. The molecular weight excluding hydrogens is 285 g/mol. The molecule has 5 nitrogen and oxygen atoms in total. The van der Waals surface area contributed by atoms with Crippen LogP contribution in [0.5, 0.6) is 0 Å². The molecule has 0 atom stereocenters. The number of pyridine rings is 1. The predicted octanol–water partition coefficient (Wildman–Crippen LogP) is 1.47. The summed E-state index contributed by atoms with van der Waals surface area (Å²) >= 11 is 0. The number of carbonyl (C=O) groups is 1. The van der Waals surface area contributed by atoms with Gasteiger partial charge in [-0.05, 0) is 42.7 Å². The Morgan fingerprint density at radius 3 is 2.59 bits per heavy atom. The van der Waals surface area contributed by atoms with Gasteiger partial charge >= 0.3 is 0 Å². The Morgan fingerprint density at radius 1 is 1.27 bits per heavy atom. The number of rotatable bonds is 4. The molecule has 0 saturated heterocycles. The average molecular weight is 301 g/mol. The lowest BCUT2D eigenvalue weighted by atomic mass is 10.2. The average Bonchev–Trinajstić information content (AvgIpc) is 3.25. The van der Waals surface area contributed by atoms with E-state index < -0.39 is 5.54 Å². The van der Waals surface area contributed by atoms with Gasteiger partial charge in [-0.15, -0.1) is 0 Å². The van der Waals surface area contributed by atoms with Gasteiger partial charge in [0.05, 0.1) is 12.1 Å². The lowest BCUT2D eigenvalue weighted by molar-refractivity contribution is -0.118. The largest absolute Gasteiger partial charge is 0.320 e. The standard InChI is InChI=1S/C16H16FN3O2/c17-12-5-3-11(4-6-12)10-20-9-1-2-13(14(20)21)19-15(22)16(18)7-8-16/h1-6,9H,7-8,10,18H2,(H,19,22). The molecule has 3 N–H and O–H groups in total. The van der Waals surface area contributed by atoms with Crippen molar-refractivity contribution in [2.24, 2.45) is 5.73 Å². The molecule has 1 aliphatic carbocycles. The number of nitrogens with one attached hydrogen (secondary N) is 1. The number of carbonyl (C=O) groups excluding carboxylic acids is 1. The summed E-state index contributed by atoms with van der Waals surface area (Å²) in [4.78, 5) is 24.3. The van der Waals surface area contributed by atoms with Crippen LogP contribution in [0, 0.1) is 5.82 Å². The minimum absolute atomic E-state index is 0.200. The van der Waals surface area contributed by atoms with Crippen LogP contribution >= 0.6 is 0 Å². The molecule has 114 valence electrons. The topological polar surface area (TPSA) is 77.1 Å². The summed E-state index contributed by atoms with van der Waals surface area (Å²) < 4.78 is 14.4. The molecule has 22 heavy (non-hydrogen) atoms. The normalized spacial score (nSPS) is 15.4. The second-order valence-corrected chi connectivity index (χ2v) is 5.59. The Bertz CT molecular complexity index is 764. The fraction of sp³-hybridized carbons (Fsp3) is 0.250. The van der Waals surface area contributed by atoms with Crippen molar-refractivity contribution in [1.82, 2.24) is 4.57 Å². The van der Waals surface area contributed by atoms with Crippen LogP contribution in [0.25, 0.3) is 0 Å². The van der Waals surface area contributed by atoms with E-state index in [1.807, 2.05) is 0 Å². The lowest BCUT2D eigenvalue weighted by Crippen LogP contribution is -2.39. The monoisotopic (exact) mass is 301 g/mol. The molecule has 0 spiro atoms. The van der Waals surface area contributed by atoms with Crippen LogP contribution in [0.15, 0.2) is 47.4 Å². The molecule has 2 aromatic rings. The van der Waals surface area contributed by atoms with Crippen LogP contribution in [-0.4, -0.2) is 16.0 Å². The molecule has 1 aromatic carbocycles. The third kappa shape index (κ3) is 2.92. The van der Waals surface area contributed by atoms with E-state index in [4.69, 9.17) is 5.73 Å². The van der Waals surface area contributed by atoms with Crippen molar-refractivity contribution >= 4 is 11.6 Å². The number of hydrogen-bond donors (Lipinski definition) is 2. The first-order chi connectivity index (χ1) is 10.5. The Labute approximate surface area is 126 Å². The number of benzene rings is 1. The highest BCUT2D eigenvalue weighted by Crippen LogP contribution is 2.32. The van der Waals surface area contributed by atoms with Crippen molar-refractivity contribution in [3.8, 4) is 0 Å².